The van der Waals surface area contributed by atoms with Gasteiger partial charge in [0, 0.05) is 26.9 Å². The van der Waals surface area contributed by atoms with Crippen LogP contribution in [0.1, 0.15) is 25.5 Å². The van der Waals surface area contributed by atoms with Crippen LogP contribution in [0.5, 0.6) is 0 Å². The van der Waals surface area contributed by atoms with Crippen LogP contribution in [0.3, 0.4) is 0 Å². The summed E-state index contributed by atoms with van der Waals surface area (Å²) in [4.78, 5) is 8.52. The minimum atomic E-state index is 0.505. The molecule has 0 unspecified atom stereocenters. The van der Waals surface area contributed by atoms with Crippen LogP contribution in [0.25, 0.3) is 0 Å². The van der Waals surface area contributed by atoms with Crippen molar-refractivity contribution in [2.75, 3.05) is 32.2 Å². The molecule has 0 saturated heterocycles. The van der Waals surface area contributed by atoms with E-state index in [1.165, 1.54) is 0 Å². The Labute approximate surface area is 103 Å². The highest BCUT2D eigenvalue weighted by Gasteiger charge is 1.97. The molecular formula is C12H21N3O2. The first kappa shape index (κ1) is 13.9. The third-order valence-electron chi connectivity index (χ3n) is 2.15. The fourth-order valence-electron chi connectivity index (χ4n) is 1.26. The van der Waals surface area contributed by atoms with Gasteiger partial charge in [-0.3, -0.25) is 4.98 Å². The minimum Gasteiger partial charge on any atom is -0.385 e. The summed E-state index contributed by atoms with van der Waals surface area (Å²) in [5.74, 6) is 0.815. The van der Waals surface area contributed by atoms with Crippen molar-refractivity contribution in [2.24, 2.45) is 0 Å². The van der Waals surface area contributed by atoms with Crippen LogP contribution in [-0.2, 0) is 16.1 Å². The number of hydrogen-bond donors (Lipinski definition) is 1. The normalized spacial score (nSPS) is 10.5. The predicted octanol–water partition coefficient (Wildman–Crippen LogP) is 1.85. The lowest BCUT2D eigenvalue weighted by Crippen LogP contribution is -2.04. The van der Waals surface area contributed by atoms with E-state index < -0.39 is 0 Å². The van der Waals surface area contributed by atoms with Crippen LogP contribution in [0.4, 0.5) is 5.82 Å². The van der Waals surface area contributed by atoms with E-state index in [2.05, 4.69) is 22.2 Å². The Morgan fingerprint density at radius 3 is 2.76 bits per heavy atom. The van der Waals surface area contributed by atoms with Crippen molar-refractivity contribution in [1.82, 2.24) is 9.97 Å². The number of methoxy groups -OCH3 is 1. The van der Waals surface area contributed by atoms with Crippen molar-refractivity contribution >= 4 is 5.82 Å². The zero-order valence-electron chi connectivity index (χ0n) is 10.6. The summed E-state index contributed by atoms with van der Waals surface area (Å²) >= 11 is 0. The quantitative estimate of drug-likeness (QED) is 0.666. The SMILES string of the molecule is CCCNc1cnc(COCCCOC)cn1. The first-order valence-corrected chi connectivity index (χ1v) is 5.98. The first-order valence-electron chi connectivity index (χ1n) is 5.98. The zero-order valence-corrected chi connectivity index (χ0v) is 10.6. The Bertz CT molecular complexity index is 290. The molecule has 17 heavy (non-hydrogen) atoms. The van der Waals surface area contributed by atoms with Gasteiger partial charge in [0.2, 0.25) is 0 Å². The summed E-state index contributed by atoms with van der Waals surface area (Å²) in [6.07, 6.45) is 5.46. The molecule has 0 spiro atoms. The van der Waals surface area contributed by atoms with Crippen molar-refractivity contribution in [3.8, 4) is 0 Å². The number of hydrogen-bond acceptors (Lipinski definition) is 5. The number of nitrogens with one attached hydrogen (secondary N) is 1. The van der Waals surface area contributed by atoms with Crippen LogP contribution in [0.15, 0.2) is 12.4 Å². The molecule has 0 aliphatic rings. The van der Waals surface area contributed by atoms with Gasteiger partial charge in [-0.2, -0.15) is 0 Å². The molecule has 1 N–H and O–H groups in total. The summed E-state index contributed by atoms with van der Waals surface area (Å²) in [6, 6.07) is 0. The van der Waals surface area contributed by atoms with Crippen LogP contribution >= 0.6 is 0 Å². The molecule has 5 nitrogen and oxygen atoms in total. The Morgan fingerprint density at radius 2 is 2.12 bits per heavy atom. The smallest absolute Gasteiger partial charge is 0.144 e. The Balaban J connectivity index is 2.20. The van der Waals surface area contributed by atoms with Crippen molar-refractivity contribution in [2.45, 2.75) is 26.4 Å². The molecule has 5 heteroatoms. The molecule has 96 valence electrons. The Kier molecular flexibility index (Phi) is 7.25. The second-order valence-corrected chi connectivity index (χ2v) is 3.72. The van der Waals surface area contributed by atoms with Crippen LogP contribution in [0.2, 0.25) is 0 Å². The molecule has 0 aliphatic heterocycles. The summed E-state index contributed by atoms with van der Waals surface area (Å²) in [7, 11) is 1.69. The summed E-state index contributed by atoms with van der Waals surface area (Å²) in [6.45, 7) is 4.95. The van der Waals surface area contributed by atoms with E-state index in [1.807, 2.05) is 0 Å². The maximum atomic E-state index is 5.44. The fraction of sp³-hybridized carbons (Fsp3) is 0.667. The maximum absolute atomic E-state index is 5.44. The molecule has 0 radical (unpaired) electrons. The maximum Gasteiger partial charge on any atom is 0.144 e. The van der Waals surface area contributed by atoms with E-state index >= 15 is 0 Å². The van der Waals surface area contributed by atoms with E-state index in [9.17, 15) is 0 Å². The molecule has 0 aliphatic carbocycles. The predicted molar refractivity (Wildman–Crippen MR) is 67.0 cm³/mol. The topological polar surface area (TPSA) is 56.3 Å². The molecular weight excluding hydrogens is 218 g/mol. The third-order valence-corrected chi connectivity index (χ3v) is 2.15. The van der Waals surface area contributed by atoms with Gasteiger partial charge in [0.15, 0.2) is 0 Å². The molecule has 1 aromatic heterocycles. The highest BCUT2D eigenvalue weighted by atomic mass is 16.5. The fourth-order valence-corrected chi connectivity index (χ4v) is 1.26. The average Bonchev–Trinajstić information content (AvgIpc) is 2.37. The molecule has 1 aromatic rings. The number of nitrogens with zero attached hydrogens (tertiary/aromatic N) is 2. The number of ether oxygens (including phenoxy) is 2. The molecule has 0 bridgehead atoms. The van der Waals surface area contributed by atoms with Crippen LogP contribution < -0.4 is 5.32 Å². The van der Waals surface area contributed by atoms with Crippen molar-refractivity contribution in [1.29, 1.82) is 0 Å². The van der Waals surface area contributed by atoms with Crippen molar-refractivity contribution < 1.29 is 9.47 Å². The first-order chi connectivity index (χ1) is 8.36. The molecule has 0 atom stereocenters. The second-order valence-electron chi connectivity index (χ2n) is 3.72. The van der Waals surface area contributed by atoms with Crippen molar-refractivity contribution in [3.05, 3.63) is 18.1 Å². The summed E-state index contributed by atoms with van der Waals surface area (Å²) in [5.41, 5.74) is 0.851. The summed E-state index contributed by atoms with van der Waals surface area (Å²) < 4.78 is 10.4. The molecule has 1 heterocycles. The average molecular weight is 239 g/mol. The highest BCUT2D eigenvalue weighted by molar-refractivity contribution is 5.30. The monoisotopic (exact) mass is 239 g/mol. The molecule has 1 rings (SSSR count). The van der Waals surface area contributed by atoms with Gasteiger partial charge in [-0.25, -0.2) is 4.98 Å². The van der Waals surface area contributed by atoms with Crippen molar-refractivity contribution in [3.63, 3.8) is 0 Å². The van der Waals surface area contributed by atoms with Gasteiger partial charge in [-0.05, 0) is 12.8 Å². The van der Waals surface area contributed by atoms with Crippen LogP contribution in [0, 0.1) is 0 Å². The number of rotatable bonds is 9. The number of aromatic nitrogens is 2. The van der Waals surface area contributed by atoms with Gasteiger partial charge < -0.3 is 14.8 Å². The van der Waals surface area contributed by atoms with Gasteiger partial charge in [0.1, 0.15) is 5.82 Å². The lowest BCUT2D eigenvalue weighted by atomic mass is 10.4. The molecule has 0 aromatic carbocycles. The highest BCUT2D eigenvalue weighted by Crippen LogP contribution is 2.02. The lowest BCUT2D eigenvalue weighted by Gasteiger charge is -2.05. The van der Waals surface area contributed by atoms with E-state index in [0.29, 0.717) is 13.2 Å². The van der Waals surface area contributed by atoms with E-state index in [1.54, 1.807) is 19.5 Å². The zero-order chi connectivity index (χ0) is 12.3. The van der Waals surface area contributed by atoms with Crippen LogP contribution in [-0.4, -0.2) is 36.8 Å². The Morgan fingerprint density at radius 1 is 1.24 bits per heavy atom. The largest absolute Gasteiger partial charge is 0.385 e. The van der Waals surface area contributed by atoms with Gasteiger partial charge in [0.25, 0.3) is 0 Å². The second kappa shape index (κ2) is 8.90. The number of anilines is 1. The lowest BCUT2D eigenvalue weighted by molar-refractivity contribution is 0.0909. The molecule has 0 fully saturated rings. The van der Waals surface area contributed by atoms with E-state index in [-0.39, 0.29) is 0 Å². The van der Waals surface area contributed by atoms with Gasteiger partial charge in [-0.1, -0.05) is 6.92 Å². The minimum absolute atomic E-state index is 0.505. The molecule has 0 saturated carbocycles. The third kappa shape index (κ3) is 6.19. The van der Waals surface area contributed by atoms with E-state index in [0.717, 1.165) is 37.5 Å². The van der Waals surface area contributed by atoms with E-state index in [4.69, 9.17) is 9.47 Å². The summed E-state index contributed by atoms with van der Waals surface area (Å²) in [5, 5.41) is 3.17. The Hall–Kier alpha value is -1.20. The van der Waals surface area contributed by atoms with Gasteiger partial charge in [-0.15, -0.1) is 0 Å². The molecule has 0 amide bonds. The van der Waals surface area contributed by atoms with Gasteiger partial charge >= 0.3 is 0 Å². The van der Waals surface area contributed by atoms with Gasteiger partial charge in [0.05, 0.1) is 24.7 Å². The standard InChI is InChI=1S/C12H21N3O2/c1-3-5-13-12-9-14-11(8-15-12)10-17-7-4-6-16-2/h8-9H,3-7,10H2,1-2H3,(H,13,15).